The monoisotopic (exact) mass is 339 g/mol. The van der Waals surface area contributed by atoms with E-state index in [2.05, 4.69) is 31.2 Å². The Labute approximate surface area is 125 Å². The highest BCUT2D eigenvalue weighted by atomic mass is 79.9. The Balaban J connectivity index is 1.87. The summed E-state index contributed by atoms with van der Waals surface area (Å²) >= 11 is 9.69. The van der Waals surface area contributed by atoms with Crippen molar-refractivity contribution in [1.82, 2.24) is 15.3 Å². The number of rotatable bonds is 2. The first-order valence-corrected chi connectivity index (χ1v) is 7.62. The molecule has 0 amide bonds. The lowest BCUT2D eigenvalue weighted by Gasteiger charge is -2.20. The highest BCUT2D eigenvalue weighted by Crippen LogP contribution is 2.31. The summed E-state index contributed by atoms with van der Waals surface area (Å²) < 4.78 is 0.986. The van der Waals surface area contributed by atoms with Gasteiger partial charge in [-0.1, -0.05) is 33.6 Å². The third kappa shape index (κ3) is 2.86. The molecule has 0 bridgehead atoms. The topological polar surface area (TPSA) is 40.7 Å². The lowest BCUT2D eigenvalue weighted by molar-refractivity contribution is 0.447. The molecule has 100 valence electrons. The van der Waals surface area contributed by atoms with Crippen molar-refractivity contribution in [2.24, 2.45) is 0 Å². The fourth-order valence-electron chi connectivity index (χ4n) is 2.48. The predicted molar refractivity (Wildman–Crippen MR) is 81.6 cm³/mol. The fraction of sp³-hybridized carbons (Fsp3) is 0.357. The molecule has 2 heterocycles. The minimum atomic E-state index is 0.532. The standard InChI is InChI=1S/C14H15BrClN3/c15-10-1-2-11(12(16)7-10)13-8-18-14(19-13)9-3-5-17-6-4-9/h1-2,7-9,17H,3-6H2,(H,18,19). The van der Waals surface area contributed by atoms with E-state index in [1.54, 1.807) is 0 Å². The van der Waals surface area contributed by atoms with Crippen molar-refractivity contribution in [2.45, 2.75) is 18.8 Å². The average molecular weight is 341 g/mol. The van der Waals surface area contributed by atoms with Crippen molar-refractivity contribution < 1.29 is 0 Å². The van der Waals surface area contributed by atoms with Gasteiger partial charge in [0, 0.05) is 16.0 Å². The molecule has 0 atom stereocenters. The van der Waals surface area contributed by atoms with E-state index in [0.29, 0.717) is 5.92 Å². The van der Waals surface area contributed by atoms with Crippen LogP contribution in [0.4, 0.5) is 0 Å². The van der Waals surface area contributed by atoms with Crippen LogP contribution in [0.25, 0.3) is 11.3 Å². The third-order valence-electron chi connectivity index (χ3n) is 3.54. The molecular weight excluding hydrogens is 326 g/mol. The van der Waals surface area contributed by atoms with Crippen molar-refractivity contribution in [2.75, 3.05) is 13.1 Å². The van der Waals surface area contributed by atoms with Crippen LogP contribution in [0.15, 0.2) is 28.9 Å². The quantitative estimate of drug-likeness (QED) is 0.869. The van der Waals surface area contributed by atoms with E-state index in [1.165, 1.54) is 0 Å². The number of halogens is 2. The van der Waals surface area contributed by atoms with Crippen LogP contribution in [0.5, 0.6) is 0 Å². The summed E-state index contributed by atoms with van der Waals surface area (Å²) in [6.07, 6.45) is 4.16. The van der Waals surface area contributed by atoms with Gasteiger partial charge in [0.25, 0.3) is 0 Å². The number of benzene rings is 1. The summed E-state index contributed by atoms with van der Waals surface area (Å²) in [7, 11) is 0. The van der Waals surface area contributed by atoms with E-state index in [4.69, 9.17) is 11.6 Å². The molecule has 3 rings (SSSR count). The van der Waals surface area contributed by atoms with E-state index in [9.17, 15) is 0 Å². The molecule has 1 aromatic heterocycles. The first-order valence-electron chi connectivity index (χ1n) is 6.45. The van der Waals surface area contributed by atoms with E-state index in [-0.39, 0.29) is 0 Å². The van der Waals surface area contributed by atoms with Crippen LogP contribution in [-0.2, 0) is 0 Å². The van der Waals surface area contributed by atoms with Gasteiger partial charge in [0.05, 0.1) is 16.9 Å². The van der Waals surface area contributed by atoms with Crippen LogP contribution in [0.3, 0.4) is 0 Å². The van der Waals surface area contributed by atoms with E-state index in [1.807, 2.05) is 24.4 Å². The zero-order valence-electron chi connectivity index (χ0n) is 10.4. The van der Waals surface area contributed by atoms with Crippen LogP contribution in [0.2, 0.25) is 5.02 Å². The van der Waals surface area contributed by atoms with Crippen LogP contribution in [-0.4, -0.2) is 23.1 Å². The molecule has 1 saturated heterocycles. The van der Waals surface area contributed by atoms with Crippen molar-refractivity contribution in [3.63, 3.8) is 0 Å². The Kier molecular flexibility index (Phi) is 3.91. The molecule has 0 aliphatic carbocycles. The van der Waals surface area contributed by atoms with E-state index in [0.717, 1.165) is 52.5 Å². The minimum absolute atomic E-state index is 0.532. The zero-order valence-corrected chi connectivity index (χ0v) is 12.8. The van der Waals surface area contributed by atoms with Crippen LogP contribution in [0.1, 0.15) is 24.6 Å². The number of hydrogen-bond acceptors (Lipinski definition) is 2. The van der Waals surface area contributed by atoms with Gasteiger partial charge in [-0.15, -0.1) is 0 Å². The lowest BCUT2D eigenvalue weighted by atomic mass is 9.98. The van der Waals surface area contributed by atoms with Gasteiger partial charge in [-0.3, -0.25) is 0 Å². The number of H-pyrrole nitrogens is 1. The molecule has 0 unspecified atom stereocenters. The Bertz CT molecular complexity index is 576. The Morgan fingerprint density at radius 1 is 1.26 bits per heavy atom. The number of hydrogen-bond donors (Lipinski definition) is 2. The molecule has 1 aliphatic rings. The van der Waals surface area contributed by atoms with Crippen molar-refractivity contribution in [3.05, 3.63) is 39.7 Å². The normalized spacial score (nSPS) is 16.7. The number of aromatic amines is 1. The first kappa shape index (κ1) is 13.2. The molecule has 5 heteroatoms. The van der Waals surface area contributed by atoms with Gasteiger partial charge in [0.1, 0.15) is 5.82 Å². The molecular formula is C14H15BrClN3. The lowest BCUT2D eigenvalue weighted by Crippen LogP contribution is -2.27. The van der Waals surface area contributed by atoms with Crippen LogP contribution >= 0.6 is 27.5 Å². The maximum absolute atomic E-state index is 6.27. The summed E-state index contributed by atoms with van der Waals surface area (Å²) in [5, 5.41) is 4.10. The fourth-order valence-corrected chi connectivity index (χ4v) is 3.26. The molecule has 1 aliphatic heterocycles. The number of imidazole rings is 1. The van der Waals surface area contributed by atoms with E-state index >= 15 is 0 Å². The summed E-state index contributed by atoms with van der Waals surface area (Å²) in [6, 6.07) is 5.90. The maximum Gasteiger partial charge on any atom is 0.109 e. The largest absolute Gasteiger partial charge is 0.342 e. The Morgan fingerprint density at radius 2 is 2.05 bits per heavy atom. The maximum atomic E-state index is 6.27. The number of nitrogens with one attached hydrogen (secondary N) is 2. The van der Waals surface area contributed by atoms with Gasteiger partial charge < -0.3 is 10.3 Å². The average Bonchev–Trinajstić information content (AvgIpc) is 2.89. The second-order valence-electron chi connectivity index (χ2n) is 4.83. The van der Waals surface area contributed by atoms with E-state index < -0.39 is 0 Å². The van der Waals surface area contributed by atoms with Gasteiger partial charge in [0.15, 0.2) is 0 Å². The third-order valence-corrected chi connectivity index (χ3v) is 4.35. The summed E-state index contributed by atoms with van der Waals surface area (Å²) in [4.78, 5) is 7.95. The SMILES string of the molecule is Clc1cc(Br)ccc1-c1cnc(C2CCNCC2)[nH]1. The molecule has 1 fully saturated rings. The Morgan fingerprint density at radius 3 is 2.79 bits per heavy atom. The summed E-state index contributed by atoms with van der Waals surface area (Å²) in [5.41, 5.74) is 1.99. The number of nitrogens with zero attached hydrogens (tertiary/aromatic N) is 1. The second kappa shape index (κ2) is 5.65. The molecule has 2 N–H and O–H groups in total. The van der Waals surface area contributed by atoms with Gasteiger partial charge in [0.2, 0.25) is 0 Å². The van der Waals surface area contributed by atoms with Gasteiger partial charge in [-0.05, 0) is 38.1 Å². The van der Waals surface area contributed by atoms with Crippen LogP contribution < -0.4 is 5.32 Å². The molecule has 2 aromatic rings. The van der Waals surface area contributed by atoms with Gasteiger partial charge in [-0.2, -0.15) is 0 Å². The Hall–Kier alpha value is -0.840. The van der Waals surface area contributed by atoms with Gasteiger partial charge >= 0.3 is 0 Å². The van der Waals surface area contributed by atoms with Crippen LogP contribution in [0, 0.1) is 0 Å². The molecule has 0 radical (unpaired) electrons. The molecule has 1 aromatic carbocycles. The van der Waals surface area contributed by atoms with Crippen molar-refractivity contribution >= 4 is 27.5 Å². The predicted octanol–water partition coefficient (Wildman–Crippen LogP) is 3.96. The molecule has 3 nitrogen and oxygen atoms in total. The van der Waals surface area contributed by atoms with Crippen molar-refractivity contribution in [3.8, 4) is 11.3 Å². The molecule has 0 saturated carbocycles. The molecule has 19 heavy (non-hydrogen) atoms. The first-order chi connectivity index (χ1) is 9.24. The smallest absolute Gasteiger partial charge is 0.109 e. The summed E-state index contributed by atoms with van der Waals surface area (Å²) in [6.45, 7) is 2.14. The minimum Gasteiger partial charge on any atom is -0.342 e. The number of aromatic nitrogens is 2. The second-order valence-corrected chi connectivity index (χ2v) is 6.15. The van der Waals surface area contributed by atoms with Crippen molar-refractivity contribution in [1.29, 1.82) is 0 Å². The summed E-state index contributed by atoms with van der Waals surface area (Å²) in [5.74, 6) is 1.61. The highest BCUT2D eigenvalue weighted by Gasteiger charge is 2.18. The molecule has 0 spiro atoms. The zero-order chi connectivity index (χ0) is 13.2. The van der Waals surface area contributed by atoms with Gasteiger partial charge in [-0.25, -0.2) is 4.98 Å². The highest BCUT2D eigenvalue weighted by molar-refractivity contribution is 9.10. The number of piperidine rings is 1.